The quantitative estimate of drug-likeness (QED) is 0.915. The number of thiophene rings is 1. The fourth-order valence-electron chi connectivity index (χ4n) is 3.57. The molecule has 0 spiro atoms. The maximum Gasteiger partial charge on any atom is 0.0487 e. The van der Waals surface area contributed by atoms with E-state index in [1.165, 1.54) is 47.9 Å². The minimum absolute atomic E-state index is 0.386. The molecule has 0 radical (unpaired) electrons. The van der Waals surface area contributed by atoms with Gasteiger partial charge in [0.1, 0.15) is 0 Å². The summed E-state index contributed by atoms with van der Waals surface area (Å²) in [5, 5.41) is 3.72. The molecule has 1 aromatic heterocycles. The zero-order chi connectivity index (χ0) is 13.9. The number of benzene rings is 1. The van der Waals surface area contributed by atoms with E-state index in [1.807, 2.05) is 11.3 Å². The molecule has 0 saturated carbocycles. The van der Waals surface area contributed by atoms with E-state index in [9.17, 15) is 0 Å². The fraction of sp³-hybridized carbons (Fsp3) is 0.529. The van der Waals surface area contributed by atoms with E-state index in [0.717, 1.165) is 6.54 Å². The average Bonchev–Trinajstić information content (AvgIpc) is 2.93. The average molecular weight is 288 g/mol. The molecule has 2 nitrogen and oxygen atoms in total. The summed E-state index contributed by atoms with van der Waals surface area (Å²) in [5.74, 6) is 0. The number of fused-ring (bicyclic) bond motifs is 1. The SMILES string of the molecule is CCC1CCCCN1C(CN)c1csc2ccccc12. The van der Waals surface area contributed by atoms with Gasteiger partial charge in [0.2, 0.25) is 0 Å². The van der Waals surface area contributed by atoms with E-state index in [1.54, 1.807) is 0 Å². The van der Waals surface area contributed by atoms with Gasteiger partial charge in [-0.1, -0.05) is 31.5 Å². The van der Waals surface area contributed by atoms with E-state index >= 15 is 0 Å². The number of piperidine rings is 1. The molecule has 2 unspecified atom stereocenters. The number of nitrogens with two attached hydrogens (primary N) is 1. The highest BCUT2D eigenvalue weighted by Gasteiger charge is 2.29. The van der Waals surface area contributed by atoms with Crippen molar-refractivity contribution >= 4 is 21.4 Å². The second-order valence-electron chi connectivity index (χ2n) is 5.73. The van der Waals surface area contributed by atoms with Crippen LogP contribution in [0.3, 0.4) is 0 Å². The predicted octanol–water partition coefficient (Wildman–Crippen LogP) is 4.17. The van der Waals surface area contributed by atoms with Gasteiger partial charge < -0.3 is 5.73 Å². The molecule has 0 aliphatic carbocycles. The zero-order valence-corrected chi connectivity index (χ0v) is 13.0. The Morgan fingerprint density at radius 2 is 2.20 bits per heavy atom. The summed E-state index contributed by atoms with van der Waals surface area (Å²) in [4.78, 5) is 2.66. The molecular weight excluding hydrogens is 264 g/mol. The monoisotopic (exact) mass is 288 g/mol. The Labute approximate surface area is 125 Å². The maximum atomic E-state index is 6.17. The predicted molar refractivity (Wildman–Crippen MR) is 88.3 cm³/mol. The molecule has 2 aromatic rings. The highest BCUT2D eigenvalue weighted by atomic mass is 32.1. The summed E-state index contributed by atoms with van der Waals surface area (Å²) < 4.78 is 1.38. The number of nitrogens with zero attached hydrogens (tertiary/aromatic N) is 1. The maximum absolute atomic E-state index is 6.17. The topological polar surface area (TPSA) is 29.3 Å². The number of hydrogen-bond acceptors (Lipinski definition) is 3. The van der Waals surface area contributed by atoms with Gasteiger partial charge in [0.25, 0.3) is 0 Å². The second kappa shape index (κ2) is 6.25. The Bertz CT molecular complexity index is 563. The fourth-order valence-corrected chi connectivity index (χ4v) is 4.58. The van der Waals surface area contributed by atoms with Crippen molar-refractivity contribution in [2.75, 3.05) is 13.1 Å². The van der Waals surface area contributed by atoms with Gasteiger partial charge in [-0.05, 0) is 48.2 Å². The minimum atomic E-state index is 0.386. The van der Waals surface area contributed by atoms with Crippen LogP contribution in [-0.4, -0.2) is 24.0 Å². The number of likely N-dealkylation sites (tertiary alicyclic amines) is 1. The van der Waals surface area contributed by atoms with Crippen LogP contribution >= 0.6 is 11.3 Å². The lowest BCUT2D eigenvalue weighted by Crippen LogP contribution is -2.44. The smallest absolute Gasteiger partial charge is 0.0487 e. The molecule has 2 N–H and O–H groups in total. The summed E-state index contributed by atoms with van der Waals surface area (Å²) in [5.41, 5.74) is 7.60. The minimum Gasteiger partial charge on any atom is -0.329 e. The highest BCUT2D eigenvalue weighted by Crippen LogP contribution is 2.36. The Hall–Kier alpha value is -0.900. The van der Waals surface area contributed by atoms with Crippen molar-refractivity contribution in [3.63, 3.8) is 0 Å². The lowest BCUT2D eigenvalue weighted by atomic mass is 9.94. The summed E-state index contributed by atoms with van der Waals surface area (Å²) in [6.45, 7) is 4.23. The highest BCUT2D eigenvalue weighted by molar-refractivity contribution is 7.17. The van der Waals surface area contributed by atoms with Crippen molar-refractivity contribution < 1.29 is 0 Å². The second-order valence-corrected chi connectivity index (χ2v) is 6.65. The Morgan fingerprint density at radius 3 is 3.00 bits per heavy atom. The van der Waals surface area contributed by atoms with Crippen LogP contribution in [0.2, 0.25) is 0 Å². The van der Waals surface area contributed by atoms with Crippen LogP contribution in [0.4, 0.5) is 0 Å². The van der Waals surface area contributed by atoms with E-state index < -0.39 is 0 Å². The van der Waals surface area contributed by atoms with Crippen LogP contribution in [0.25, 0.3) is 10.1 Å². The zero-order valence-electron chi connectivity index (χ0n) is 12.2. The first kappa shape index (κ1) is 14.1. The molecule has 108 valence electrons. The molecule has 0 bridgehead atoms. The van der Waals surface area contributed by atoms with Crippen molar-refractivity contribution in [1.29, 1.82) is 0 Å². The summed E-state index contributed by atoms with van der Waals surface area (Å²) >= 11 is 1.85. The third-order valence-electron chi connectivity index (χ3n) is 4.64. The summed E-state index contributed by atoms with van der Waals surface area (Å²) in [6.07, 6.45) is 5.25. The lowest BCUT2D eigenvalue weighted by Gasteiger charge is -2.40. The van der Waals surface area contributed by atoms with Crippen molar-refractivity contribution in [1.82, 2.24) is 4.90 Å². The van der Waals surface area contributed by atoms with Gasteiger partial charge in [0.05, 0.1) is 0 Å². The molecular formula is C17H24N2S. The molecule has 1 aromatic carbocycles. The van der Waals surface area contributed by atoms with E-state index in [-0.39, 0.29) is 0 Å². The number of rotatable bonds is 4. The molecule has 3 rings (SSSR count). The van der Waals surface area contributed by atoms with Gasteiger partial charge >= 0.3 is 0 Å². The Balaban J connectivity index is 1.96. The van der Waals surface area contributed by atoms with Crippen molar-refractivity contribution in [2.24, 2.45) is 5.73 Å². The first-order valence-corrected chi connectivity index (χ1v) is 8.65. The largest absolute Gasteiger partial charge is 0.329 e. The van der Waals surface area contributed by atoms with Crippen LogP contribution in [0.5, 0.6) is 0 Å². The van der Waals surface area contributed by atoms with Crippen LogP contribution in [0.1, 0.15) is 44.2 Å². The van der Waals surface area contributed by atoms with E-state index in [2.05, 4.69) is 41.5 Å². The Morgan fingerprint density at radius 1 is 1.35 bits per heavy atom. The molecule has 1 aliphatic rings. The van der Waals surface area contributed by atoms with Crippen molar-refractivity contribution in [2.45, 2.75) is 44.7 Å². The van der Waals surface area contributed by atoms with Gasteiger partial charge in [0, 0.05) is 23.3 Å². The van der Waals surface area contributed by atoms with Gasteiger partial charge in [-0.15, -0.1) is 11.3 Å². The molecule has 0 amide bonds. The normalized spacial score (nSPS) is 22.2. The van der Waals surface area contributed by atoms with Gasteiger partial charge in [-0.3, -0.25) is 4.90 Å². The van der Waals surface area contributed by atoms with E-state index in [0.29, 0.717) is 12.1 Å². The Kier molecular flexibility index (Phi) is 4.39. The summed E-state index contributed by atoms with van der Waals surface area (Å²) in [7, 11) is 0. The van der Waals surface area contributed by atoms with Gasteiger partial charge in [0.15, 0.2) is 0 Å². The van der Waals surface area contributed by atoms with E-state index in [4.69, 9.17) is 5.73 Å². The number of hydrogen-bond donors (Lipinski definition) is 1. The molecule has 1 fully saturated rings. The lowest BCUT2D eigenvalue weighted by molar-refractivity contribution is 0.0958. The molecule has 3 heteroatoms. The van der Waals surface area contributed by atoms with Crippen LogP contribution in [0, 0.1) is 0 Å². The third kappa shape index (κ3) is 2.50. The first-order valence-electron chi connectivity index (χ1n) is 7.77. The van der Waals surface area contributed by atoms with Crippen molar-refractivity contribution in [3.05, 3.63) is 35.2 Å². The van der Waals surface area contributed by atoms with Crippen LogP contribution in [0.15, 0.2) is 29.6 Å². The summed E-state index contributed by atoms with van der Waals surface area (Å²) in [6, 6.07) is 9.81. The van der Waals surface area contributed by atoms with Crippen LogP contribution < -0.4 is 5.73 Å². The molecule has 1 aliphatic heterocycles. The molecule has 20 heavy (non-hydrogen) atoms. The van der Waals surface area contributed by atoms with Gasteiger partial charge in [-0.25, -0.2) is 0 Å². The van der Waals surface area contributed by atoms with Gasteiger partial charge in [-0.2, -0.15) is 0 Å². The molecule has 1 saturated heterocycles. The molecule has 2 heterocycles. The van der Waals surface area contributed by atoms with Crippen molar-refractivity contribution in [3.8, 4) is 0 Å². The molecule has 2 atom stereocenters. The third-order valence-corrected chi connectivity index (χ3v) is 5.62. The van der Waals surface area contributed by atoms with Crippen LogP contribution in [-0.2, 0) is 0 Å². The first-order chi connectivity index (χ1) is 9.85. The standard InChI is InChI=1S/C17H24N2S/c1-2-13-7-5-6-10-19(13)16(11-18)15-12-20-17-9-4-3-8-14(15)17/h3-4,8-9,12-13,16H,2,5-7,10-11,18H2,1H3.